The van der Waals surface area contributed by atoms with Gasteiger partial charge in [0.25, 0.3) is 0 Å². The molecule has 0 heterocycles. The van der Waals surface area contributed by atoms with Crippen LogP contribution in [0.25, 0.3) is 0 Å². The third kappa shape index (κ3) is 9.02. The summed E-state index contributed by atoms with van der Waals surface area (Å²) in [6.45, 7) is 4.15. The Labute approximate surface area is 218 Å². The van der Waals surface area contributed by atoms with Gasteiger partial charge in [-0.2, -0.15) is 0 Å². The summed E-state index contributed by atoms with van der Waals surface area (Å²) in [4.78, 5) is 28.0. The molecule has 0 bridgehead atoms. The van der Waals surface area contributed by atoms with E-state index in [0.29, 0.717) is 19.4 Å². The lowest BCUT2D eigenvalue weighted by Gasteiger charge is -2.33. The van der Waals surface area contributed by atoms with Gasteiger partial charge in [-0.25, -0.2) is 8.42 Å². The molecule has 2 aromatic rings. The van der Waals surface area contributed by atoms with Gasteiger partial charge in [0.15, 0.2) is 0 Å². The molecule has 0 radical (unpaired) electrons. The van der Waals surface area contributed by atoms with E-state index in [2.05, 4.69) is 5.32 Å². The highest BCUT2D eigenvalue weighted by Crippen LogP contribution is 2.27. The molecular formula is C25H33Cl2N3O4S. The number of benzene rings is 2. The van der Waals surface area contributed by atoms with E-state index in [1.165, 1.54) is 23.1 Å². The average Bonchev–Trinajstić information content (AvgIpc) is 2.79. The molecule has 1 N–H and O–H groups in total. The van der Waals surface area contributed by atoms with Crippen LogP contribution in [-0.4, -0.2) is 57.1 Å². The first-order valence-electron chi connectivity index (χ1n) is 11.6. The summed E-state index contributed by atoms with van der Waals surface area (Å²) >= 11 is 12.2. The van der Waals surface area contributed by atoms with Gasteiger partial charge in [0.1, 0.15) is 12.6 Å². The maximum Gasteiger partial charge on any atom is 0.244 e. The number of carbonyl (C=O) groups is 2. The second kappa shape index (κ2) is 13.7. The van der Waals surface area contributed by atoms with E-state index < -0.39 is 28.5 Å². The molecule has 0 saturated heterocycles. The van der Waals surface area contributed by atoms with Crippen LogP contribution < -0.4 is 9.62 Å². The second-order valence-corrected chi connectivity index (χ2v) is 11.1. The van der Waals surface area contributed by atoms with E-state index in [4.69, 9.17) is 23.2 Å². The fourth-order valence-corrected chi connectivity index (χ4v) is 5.05. The second-order valence-electron chi connectivity index (χ2n) is 8.29. The zero-order valence-corrected chi connectivity index (χ0v) is 22.7. The number of hydrogen-bond acceptors (Lipinski definition) is 4. The number of unbranched alkanes of at least 4 members (excludes halogenated alkanes) is 1. The Morgan fingerprint density at radius 2 is 1.66 bits per heavy atom. The molecule has 0 aromatic heterocycles. The molecule has 0 spiro atoms. The lowest BCUT2D eigenvalue weighted by Crippen LogP contribution is -2.53. The normalized spacial score (nSPS) is 12.1. The monoisotopic (exact) mass is 541 g/mol. The van der Waals surface area contributed by atoms with Crippen molar-refractivity contribution in [2.75, 3.05) is 30.2 Å². The molecule has 0 aliphatic rings. The molecule has 1 atom stereocenters. The van der Waals surface area contributed by atoms with Gasteiger partial charge in [0.05, 0.1) is 11.9 Å². The smallest absolute Gasteiger partial charge is 0.244 e. The van der Waals surface area contributed by atoms with Crippen molar-refractivity contribution in [2.24, 2.45) is 0 Å². The number of sulfonamides is 1. The van der Waals surface area contributed by atoms with E-state index in [-0.39, 0.29) is 28.2 Å². The fourth-order valence-electron chi connectivity index (χ4n) is 3.70. The van der Waals surface area contributed by atoms with Crippen molar-refractivity contribution < 1.29 is 18.0 Å². The summed E-state index contributed by atoms with van der Waals surface area (Å²) in [7, 11) is -3.85. The molecule has 0 aliphatic carbocycles. The summed E-state index contributed by atoms with van der Waals surface area (Å²) in [5.74, 6) is -0.737. The van der Waals surface area contributed by atoms with Crippen LogP contribution in [0.1, 0.15) is 38.7 Å². The molecule has 2 rings (SSSR count). The maximum absolute atomic E-state index is 13.6. The van der Waals surface area contributed by atoms with Crippen LogP contribution in [0.15, 0.2) is 48.5 Å². The third-order valence-corrected chi connectivity index (χ3v) is 7.09. The van der Waals surface area contributed by atoms with Crippen molar-refractivity contribution in [3.8, 4) is 0 Å². The van der Waals surface area contributed by atoms with E-state index in [9.17, 15) is 18.0 Å². The molecule has 0 saturated carbocycles. The molecule has 2 amide bonds. The van der Waals surface area contributed by atoms with Crippen LogP contribution >= 0.6 is 23.2 Å². The van der Waals surface area contributed by atoms with Crippen molar-refractivity contribution >= 4 is 50.7 Å². The maximum atomic E-state index is 13.6. The van der Waals surface area contributed by atoms with Crippen molar-refractivity contribution in [3.63, 3.8) is 0 Å². The van der Waals surface area contributed by atoms with Gasteiger partial charge in [-0.1, -0.05) is 73.8 Å². The van der Waals surface area contributed by atoms with Gasteiger partial charge in [0.2, 0.25) is 21.8 Å². The molecule has 7 nitrogen and oxygen atoms in total. The lowest BCUT2D eigenvalue weighted by atomic mass is 10.1. The Hall–Kier alpha value is -2.29. The highest BCUT2D eigenvalue weighted by atomic mass is 35.5. The van der Waals surface area contributed by atoms with Crippen molar-refractivity contribution in [1.82, 2.24) is 10.2 Å². The highest BCUT2D eigenvalue weighted by molar-refractivity contribution is 7.92. The fraction of sp³-hybridized carbons (Fsp3) is 0.440. The molecule has 0 aliphatic heterocycles. The number of amides is 2. The Morgan fingerprint density at radius 3 is 2.20 bits per heavy atom. The van der Waals surface area contributed by atoms with Crippen LogP contribution in [0.5, 0.6) is 0 Å². The Morgan fingerprint density at radius 1 is 1.03 bits per heavy atom. The topological polar surface area (TPSA) is 86.8 Å². The number of hydrogen-bond donors (Lipinski definition) is 1. The first-order chi connectivity index (χ1) is 16.6. The van der Waals surface area contributed by atoms with Crippen LogP contribution in [0.2, 0.25) is 10.0 Å². The van der Waals surface area contributed by atoms with Gasteiger partial charge in [-0.3, -0.25) is 13.9 Å². The summed E-state index contributed by atoms with van der Waals surface area (Å²) in [6, 6.07) is 13.2. The number of nitrogens with one attached hydrogen (secondary N) is 1. The van der Waals surface area contributed by atoms with Gasteiger partial charge >= 0.3 is 0 Å². The summed E-state index contributed by atoms with van der Waals surface area (Å²) in [5, 5.41) is 3.39. The number of nitrogens with zero attached hydrogens (tertiary/aromatic N) is 2. The quantitative estimate of drug-likeness (QED) is 0.377. The molecule has 192 valence electrons. The summed E-state index contributed by atoms with van der Waals surface area (Å²) < 4.78 is 26.2. The number of carbonyl (C=O) groups excluding carboxylic acids is 2. The molecule has 35 heavy (non-hydrogen) atoms. The average molecular weight is 543 g/mol. The standard InChI is InChI=1S/C25H33Cl2N3O4S/c1-4-6-13-28-25(32)23(5-2)29(14-12-19-10-8-7-9-11-19)24(31)18-30(35(3,33)34)22-16-20(26)15-21(27)17-22/h7-11,15-17,23H,4-6,12-14,18H2,1-3H3,(H,28,32). The summed E-state index contributed by atoms with van der Waals surface area (Å²) in [5.41, 5.74) is 1.19. The predicted molar refractivity (Wildman–Crippen MR) is 143 cm³/mol. The number of halogens is 2. The Balaban J connectivity index is 2.35. The number of rotatable bonds is 13. The SMILES string of the molecule is CCCCNC(=O)C(CC)N(CCc1ccccc1)C(=O)CN(c1cc(Cl)cc(Cl)c1)S(C)(=O)=O. The molecule has 2 aromatic carbocycles. The van der Waals surface area contributed by atoms with Crippen LogP contribution in [0, 0.1) is 0 Å². The largest absolute Gasteiger partial charge is 0.354 e. The zero-order chi connectivity index (χ0) is 26.0. The third-order valence-electron chi connectivity index (χ3n) is 5.51. The van der Waals surface area contributed by atoms with Crippen LogP contribution in [0.3, 0.4) is 0 Å². The van der Waals surface area contributed by atoms with Gasteiger partial charge in [-0.05, 0) is 43.0 Å². The van der Waals surface area contributed by atoms with Gasteiger partial charge in [0, 0.05) is 23.1 Å². The lowest BCUT2D eigenvalue weighted by molar-refractivity contribution is -0.139. The van der Waals surface area contributed by atoms with Crippen molar-refractivity contribution in [3.05, 3.63) is 64.1 Å². The van der Waals surface area contributed by atoms with Gasteiger partial charge < -0.3 is 10.2 Å². The number of anilines is 1. The first-order valence-corrected chi connectivity index (χ1v) is 14.2. The molecule has 10 heteroatoms. The van der Waals surface area contributed by atoms with Gasteiger partial charge in [-0.15, -0.1) is 0 Å². The minimum absolute atomic E-state index is 0.182. The minimum atomic E-state index is -3.85. The van der Waals surface area contributed by atoms with E-state index in [0.717, 1.165) is 29.0 Å². The van der Waals surface area contributed by atoms with Crippen LogP contribution in [-0.2, 0) is 26.0 Å². The first kappa shape index (κ1) is 28.9. The highest BCUT2D eigenvalue weighted by Gasteiger charge is 2.31. The van der Waals surface area contributed by atoms with Crippen LogP contribution in [0.4, 0.5) is 5.69 Å². The predicted octanol–water partition coefficient (Wildman–Crippen LogP) is 4.53. The van der Waals surface area contributed by atoms with E-state index >= 15 is 0 Å². The molecule has 0 fully saturated rings. The van der Waals surface area contributed by atoms with Crippen molar-refractivity contribution in [1.29, 1.82) is 0 Å². The van der Waals surface area contributed by atoms with E-state index in [1.54, 1.807) is 0 Å². The minimum Gasteiger partial charge on any atom is -0.354 e. The molecule has 1 unspecified atom stereocenters. The summed E-state index contributed by atoms with van der Waals surface area (Å²) in [6.07, 6.45) is 3.68. The van der Waals surface area contributed by atoms with E-state index in [1.807, 2.05) is 44.2 Å². The zero-order valence-electron chi connectivity index (χ0n) is 20.3. The Kier molecular flexibility index (Phi) is 11.3. The molecular weight excluding hydrogens is 509 g/mol. The Bertz CT molecular complexity index is 1080. The van der Waals surface area contributed by atoms with Crippen molar-refractivity contribution in [2.45, 2.75) is 45.6 Å².